The molecule has 3 amide bonds. The van der Waals surface area contributed by atoms with Crippen molar-refractivity contribution < 1.29 is 33.4 Å². The lowest BCUT2D eigenvalue weighted by Gasteiger charge is -2.28. The Kier molecular flexibility index (Phi) is 6.63. The fourth-order valence-electron chi connectivity index (χ4n) is 5.12. The lowest BCUT2D eigenvalue weighted by atomic mass is 9.81. The van der Waals surface area contributed by atoms with Crippen LogP contribution >= 0.6 is 31.9 Å². The Balaban J connectivity index is 1.33. The molecule has 1 saturated heterocycles. The van der Waals surface area contributed by atoms with E-state index < -0.39 is 42.3 Å². The highest BCUT2D eigenvalue weighted by molar-refractivity contribution is 9.12. The molecular weight excluding hydrogens is 564 g/mol. The predicted octanol–water partition coefficient (Wildman–Crippen LogP) is 2.12. The third-order valence-electron chi connectivity index (χ3n) is 6.68. The number of nitrogens with zero attached hydrogens (tertiary/aromatic N) is 1. The van der Waals surface area contributed by atoms with Crippen molar-refractivity contribution in [2.75, 3.05) is 19.0 Å². The molecule has 2 saturated carbocycles. The Morgan fingerprint density at radius 1 is 1.06 bits per heavy atom. The van der Waals surface area contributed by atoms with Crippen LogP contribution in [0.1, 0.15) is 23.7 Å². The van der Waals surface area contributed by atoms with Gasteiger partial charge in [0.05, 0.1) is 24.5 Å². The van der Waals surface area contributed by atoms with Crippen LogP contribution in [0.5, 0.6) is 0 Å². The topological polar surface area (TPSA) is 119 Å². The number of alkyl halides is 2. The summed E-state index contributed by atoms with van der Waals surface area (Å²) in [5.41, 5.74) is 0.727. The van der Waals surface area contributed by atoms with E-state index in [2.05, 4.69) is 41.9 Å². The zero-order valence-corrected chi connectivity index (χ0v) is 21.0. The highest BCUT2D eigenvalue weighted by Gasteiger charge is 2.67. The normalized spacial score (nSPS) is 30.7. The first-order chi connectivity index (χ1) is 15.6. The number of imide groups is 1. The SMILES string of the molecule is COC(=O)c1ccc(NC(=O)COC(=O)[C@H](C)N2C(=O)[C@@H]3[C@H]4C[C@@H]([C@H](Br)[C@H]4Br)[C@H]3C2=O)cc1. The molecule has 3 fully saturated rings. The fraction of sp³-hybridized carbons (Fsp3) is 0.500. The molecule has 1 N–H and O–H groups in total. The maximum atomic E-state index is 13.0. The van der Waals surface area contributed by atoms with E-state index >= 15 is 0 Å². The van der Waals surface area contributed by atoms with Gasteiger partial charge in [0, 0.05) is 15.3 Å². The van der Waals surface area contributed by atoms with E-state index in [9.17, 15) is 24.0 Å². The third-order valence-corrected chi connectivity index (χ3v) is 9.89. The van der Waals surface area contributed by atoms with Crippen LogP contribution < -0.4 is 5.32 Å². The second-order valence-electron chi connectivity index (χ2n) is 8.45. The molecule has 1 aromatic rings. The van der Waals surface area contributed by atoms with Gasteiger partial charge in [0.25, 0.3) is 5.91 Å². The Morgan fingerprint density at radius 3 is 2.12 bits per heavy atom. The number of nitrogens with one attached hydrogen (secondary N) is 1. The average Bonchev–Trinajstić information content (AvgIpc) is 3.41. The van der Waals surface area contributed by atoms with Gasteiger partial charge in [0.2, 0.25) is 11.8 Å². The Morgan fingerprint density at radius 2 is 1.61 bits per heavy atom. The molecule has 7 atom stereocenters. The highest BCUT2D eigenvalue weighted by atomic mass is 79.9. The monoisotopic (exact) mass is 584 g/mol. The summed E-state index contributed by atoms with van der Waals surface area (Å²) in [4.78, 5) is 63.4. The summed E-state index contributed by atoms with van der Waals surface area (Å²) >= 11 is 7.25. The number of methoxy groups -OCH3 is 1. The van der Waals surface area contributed by atoms with Crippen LogP contribution in [0.4, 0.5) is 5.69 Å². The number of carbonyl (C=O) groups is 5. The van der Waals surface area contributed by atoms with Crippen LogP contribution in [0.25, 0.3) is 0 Å². The Hall–Kier alpha value is -2.27. The largest absolute Gasteiger partial charge is 0.465 e. The van der Waals surface area contributed by atoms with Gasteiger partial charge in [0.1, 0.15) is 6.04 Å². The van der Waals surface area contributed by atoms with Gasteiger partial charge in [-0.15, -0.1) is 0 Å². The molecule has 1 aliphatic heterocycles. The molecule has 0 radical (unpaired) electrons. The first-order valence-corrected chi connectivity index (χ1v) is 12.3. The molecule has 9 nitrogen and oxygen atoms in total. The van der Waals surface area contributed by atoms with Gasteiger partial charge >= 0.3 is 11.9 Å². The van der Waals surface area contributed by atoms with E-state index in [0.29, 0.717) is 11.3 Å². The summed E-state index contributed by atoms with van der Waals surface area (Å²) < 4.78 is 9.68. The van der Waals surface area contributed by atoms with Crippen LogP contribution in [-0.2, 0) is 28.7 Å². The van der Waals surface area contributed by atoms with Gasteiger partial charge in [0.15, 0.2) is 6.61 Å². The zero-order valence-electron chi connectivity index (χ0n) is 17.8. The van der Waals surface area contributed by atoms with E-state index in [1.165, 1.54) is 38.3 Å². The van der Waals surface area contributed by atoms with Crippen molar-refractivity contribution in [1.29, 1.82) is 0 Å². The summed E-state index contributed by atoms with van der Waals surface area (Å²) in [6, 6.07) is 4.87. The summed E-state index contributed by atoms with van der Waals surface area (Å²) in [6.45, 7) is 0.852. The quantitative estimate of drug-likeness (QED) is 0.308. The molecule has 176 valence electrons. The van der Waals surface area contributed by atoms with Crippen molar-refractivity contribution >= 4 is 67.2 Å². The van der Waals surface area contributed by atoms with Gasteiger partial charge < -0.3 is 14.8 Å². The van der Waals surface area contributed by atoms with Gasteiger partial charge in [-0.25, -0.2) is 9.59 Å². The second-order valence-corrected chi connectivity index (χ2v) is 10.6. The lowest BCUT2D eigenvalue weighted by Crippen LogP contribution is -2.45. The van der Waals surface area contributed by atoms with Crippen LogP contribution in [0.3, 0.4) is 0 Å². The molecular formula is C22H22Br2N2O7. The second kappa shape index (κ2) is 9.17. The smallest absolute Gasteiger partial charge is 0.337 e. The van der Waals surface area contributed by atoms with E-state index in [1.54, 1.807) is 0 Å². The van der Waals surface area contributed by atoms with Crippen LogP contribution in [0.2, 0.25) is 0 Å². The number of carbonyl (C=O) groups excluding carboxylic acids is 5. The van der Waals surface area contributed by atoms with Crippen molar-refractivity contribution in [3.05, 3.63) is 29.8 Å². The number of rotatable bonds is 6. The van der Waals surface area contributed by atoms with Gasteiger partial charge in [-0.1, -0.05) is 31.9 Å². The number of fused-ring (bicyclic) bond motifs is 5. The van der Waals surface area contributed by atoms with Crippen molar-refractivity contribution in [1.82, 2.24) is 4.90 Å². The summed E-state index contributed by atoms with van der Waals surface area (Å²) in [7, 11) is 1.27. The minimum atomic E-state index is -1.12. The number of esters is 2. The maximum Gasteiger partial charge on any atom is 0.337 e. The van der Waals surface area contributed by atoms with Crippen molar-refractivity contribution in [3.8, 4) is 0 Å². The zero-order chi connectivity index (χ0) is 24.0. The first-order valence-electron chi connectivity index (χ1n) is 10.5. The van der Waals surface area contributed by atoms with Gasteiger partial charge in [-0.3, -0.25) is 19.3 Å². The van der Waals surface area contributed by atoms with Gasteiger partial charge in [-0.2, -0.15) is 0 Å². The Labute approximate surface area is 206 Å². The summed E-state index contributed by atoms with van der Waals surface area (Å²) in [5, 5.41) is 2.54. The predicted molar refractivity (Wildman–Crippen MR) is 123 cm³/mol. The molecule has 0 unspecified atom stereocenters. The molecule has 1 aromatic carbocycles. The summed E-state index contributed by atoms with van der Waals surface area (Å²) in [5.74, 6) is -3.38. The van der Waals surface area contributed by atoms with Gasteiger partial charge in [-0.05, 0) is 49.4 Å². The lowest BCUT2D eigenvalue weighted by molar-refractivity contribution is -0.159. The number of benzene rings is 1. The molecule has 2 aliphatic carbocycles. The van der Waals surface area contributed by atoms with Crippen molar-refractivity contribution in [2.45, 2.75) is 29.0 Å². The molecule has 11 heteroatoms. The maximum absolute atomic E-state index is 13.0. The standard InChI is InChI=1S/C22H22Br2N2O7/c1-9(26-19(28)15-12-7-13(16(15)20(26)29)18(24)17(12)23)21(30)33-8-14(27)25-11-5-3-10(4-6-11)22(31)32-2/h3-6,9,12-13,15-18H,7-8H2,1-2H3,(H,25,27)/t9-,12+,13+,15+,16+,17-,18-/m0/s1. The number of halogens is 2. The van der Waals surface area contributed by atoms with Crippen LogP contribution in [0, 0.1) is 23.7 Å². The van der Waals surface area contributed by atoms with Crippen LogP contribution in [-0.4, -0.2) is 64.0 Å². The Bertz CT molecular complexity index is 983. The van der Waals surface area contributed by atoms with E-state index in [0.717, 1.165) is 11.3 Å². The third kappa shape index (κ3) is 4.09. The molecule has 0 spiro atoms. The minimum absolute atomic E-state index is 0.0467. The van der Waals surface area contributed by atoms with E-state index in [1.807, 2.05) is 0 Å². The van der Waals surface area contributed by atoms with E-state index in [4.69, 9.17) is 4.74 Å². The first kappa shape index (κ1) is 23.9. The number of likely N-dealkylation sites (tertiary alicyclic amines) is 1. The highest BCUT2D eigenvalue weighted by Crippen LogP contribution is 2.60. The van der Waals surface area contributed by atoms with Crippen LogP contribution in [0.15, 0.2) is 24.3 Å². The fourth-order valence-corrected chi connectivity index (χ4v) is 6.99. The molecule has 2 bridgehead atoms. The molecule has 3 aliphatic rings. The van der Waals surface area contributed by atoms with Crippen molar-refractivity contribution in [2.24, 2.45) is 23.7 Å². The number of anilines is 1. The van der Waals surface area contributed by atoms with E-state index in [-0.39, 0.29) is 33.3 Å². The number of amides is 3. The molecule has 1 heterocycles. The number of ether oxygens (including phenoxy) is 2. The minimum Gasteiger partial charge on any atom is -0.465 e. The van der Waals surface area contributed by atoms with Crippen molar-refractivity contribution in [3.63, 3.8) is 0 Å². The number of hydrogen-bond donors (Lipinski definition) is 1. The average molecular weight is 586 g/mol. The number of hydrogen-bond acceptors (Lipinski definition) is 7. The molecule has 33 heavy (non-hydrogen) atoms. The molecule has 4 rings (SSSR count). The summed E-state index contributed by atoms with van der Waals surface area (Å²) in [6.07, 6.45) is 0.798. The molecule has 0 aromatic heterocycles.